The summed E-state index contributed by atoms with van der Waals surface area (Å²) in [6.45, 7) is 10.5. The van der Waals surface area contributed by atoms with E-state index in [9.17, 15) is 0 Å². The van der Waals surface area contributed by atoms with Crippen LogP contribution in [0.15, 0.2) is 11.1 Å². The predicted octanol–water partition coefficient (Wildman–Crippen LogP) is 2.18. The SMILES string of the molecule is C=O.CC(C)=C(C)C. The lowest BCUT2D eigenvalue weighted by molar-refractivity contribution is -0.0979. The van der Waals surface area contributed by atoms with E-state index in [0.29, 0.717) is 0 Å². The fourth-order valence-electron chi connectivity index (χ4n) is 0. The zero-order valence-corrected chi connectivity index (χ0v) is 6.12. The lowest BCUT2D eigenvalue weighted by Gasteiger charge is -1.88. The number of carbonyl (C=O) groups excluding carboxylic acids is 1. The second-order valence-corrected chi connectivity index (χ2v) is 2.00. The van der Waals surface area contributed by atoms with E-state index in [0.717, 1.165) is 0 Å². The Kier molecular flexibility index (Phi) is 8.34. The van der Waals surface area contributed by atoms with Gasteiger partial charge in [0.05, 0.1) is 0 Å². The van der Waals surface area contributed by atoms with Crippen LogP contribution in [0.25, 0.3) is 0 Å². The van der Waals surface area contributed by atoms with E-state index in [-0.39, 0.29) is 0 Å². The molecule has 0 aliphatic heterocycles. The van der Waals surface area contributed by atoms with Gasteiger partial charge in [0.15, 0.2) is 0 Å². The quantitative estimate of drug-likeness (QED) is 0.441. The first-order valence-electron chi connectivity index (χ1n) is 2.54. The van der Waals surface area contributed by atoms with Gasteiger partial charge in [0, 0.05) is 0 Å². The molecule has 0 unspecified atom stereocenters. The van der Waals surface area contributed by atoms with Crippen molar-refractivity contribution in [3.8, 4) is 0 Å². The molecule has 0 heterocycles. The average molecular weight is 114 g/mol. The Hall–Kier alpha value is -0.590. The second-order valence-electron chi connectivity index (χ2n) is 2.00. The fourth-order valence-corrected chi connectivity index (χ4v) is 0. The third kappa shape index (κ3) is 9.05. The van der Waals surface area contributed by atoms with Crippen molar-refractivity contribution in [2.75, 3.05) is 0 Å². The van der Waals surface area contributed by atoms with E-state index in [1.165, 1.54) is 11.1 Å². The minimum atomic E-state index is 1.43. The van der Waals surface area contributed by atoms with Gasteiger partial charge in [-0.25, -0.2) is 0 Å². The normalized spacial score (nSPS) is 6.50. The molecule has 1 nitrogen and oxygen atoms in total. The molecule has 48 valence electrons. The lowest BCUT2D eigenvalue weighted by Crippen LogP contribution is -1.66. The largest absolute Gasteiger partial charge is 0.307 e. The molecule has 0 aromatic heterocycles. The van der Waals surface area contributed by atoms with Gasteiger partial charge in [-0.15, -0.1) is 0 Å². The molecule has 0 aliphatic rings. The Bertz CT molecular complexity index is 64.4. The van der Waals surface area contributed by atoms with Crippen molar-refractivity contribution in [2.24, 2.45) is 0 Å². The Morgan fingerprint density at radius 2 is 1.00 bits per heavy atom. The molecule has 0 aromatic rings. The van der Waals surface area contributed by atoms with Crippen molar-refractivity contribution in [2.45, 2.75) is 27.7 Å². The summed E-state index contributed by atoms with van der Waals surface area (Å²) in [4.78, 5) is 8.00. The standard InChI is InChI=1S/C6H12.CH2O/c1-5(2)6(3)4;1-2/h1-4H3;1H2. The van der Waals surface area contributed by atoms with Crippen LogP contribution in [0.5, 0.6) is 0 Å². The highest BCUT2D eigenvalue weighted by molar-refractivity contribution is 5.11. The highest BCUT2D eigenvalue weighted by Crippen LogP contribution is 1.96. The van der Waals surface area contributed by atoms with Crippen molar-refractivity contribution in [1.29, 1.82) is 0 Å². The molecule has 0 radical (unpaired) electrons. The van der Waals surface area contributed by atoms with Gasteiger partial charge in [-0.2, -0.15) is 0 Å². The van der Waals surface area contributed by atoms with Crippen LogP contribution in [-0.2, 0) is 4.79 Å². The Labute approximate surface area is 51.4 Å². The predicted molar refractivity (Wildman–Crippen MR) is 36.8 cm³/mol. The van der Waals surface area contributed by atoms with E-state index >= 15 is 0 Å². The number of allylic oxidation sites excluding steroid dienone is 2. The summed E-state index contributed by atoms with van der Waals surface area (Å²) in [5.74, 6) is 0. The van der Waals surface area contributed by atoms with Crippen LogP contribution in [0.4, 0.5) is 0 Å². The molecule has 1 heteroatoms. The van der Waals surface area contributed by atoms with Crippen molar-refractivity contribution >= 4 is 6.79 Å². The summed E-state index contributed by atoms with van der Waals surface area (Å²) in [5, 5.41) is 0. The van der Waals surface area contributed by atoms with Crippen molar-refractivity contribution in [3.63, 3.8) is 0 Å². The molecule has 0 aromatic carbocycles. The van der Waals surface area contributed by atoms with Gasteiger partial charge in [-0.1, -0.05) is 11.1 Å². The smallest absolute Gasteiger partial charge is 0.106 e. The summed E-state index contributed by atoms with van der Waals surface area (Å²) in [6, 6.07) is 0. The fraction of sp³-hybridized carbons (Fsp3) is 0.571. The summed E-state index contributed by atoms with van der Waals surface area (Å²) in [5.41, 5.74) is 2.85. The van der Waals surface area contributed by atoms with E-state index in [1.807, 2.05) is 6.79 Å². The van der Waals surface area contributed by atoms with Crippen molar-refractivity contribution in [3.05, 3.63) is 11.1 Å². The number of rotatable bonds is 0. The third-order valence-electron chi connectivity index (χ3n) is 1.00. The Balaban J connectivity index is 0. The van der Waals surface area contributed by atoms with Gasteiger partial charge in [0.25, 0.3) is 0 Å². The minimum Gasteiger partial charge on any atom is -0.307 e. The molecule has 0 bridgehead atoms. The van der Waals surface area contributed by atoms with Gasteiger partial charge in [0.2, 0.25) is 0 Å². The van der Waals surface area contributed by atoms with Crippen LogP contribution in [-0.4, -0.2) is 6.79 Å². The number of hydrogen-bond donors (Lipinski definition) is 0. The van der Waals surface area contributed by atoms with Crippen molar-refractivity contribution < 1.29 is 4.79 Å². The van der Waals surface area contributed by atoms with E-state index < -0.39 is 0 Å². The molecular formula is C7H14O. The Morgan fingerprint density at radius 1 is 0.875 bits per heavy atom. The van der Waals surface area contributed by atoms with Crippen LogP contribution < -0.4 is 0 Å². The molecule has 0 saturated carbocycles. The topological polar surface area (TPSA) is 17.1 Å². The molecule has 0 rings (SSSR count). The van der Waals surface area contributed by atoms with Gasteiger partial charge in [-0.05, 0) is 27.7 Å². The molecule has 0 amide bonds. The zero-order valence-electron chi connectivity index (χ0n) is 6.12. The van der Waals surface area contributed by atoms with Gasteiger partial charge >= 0.3 is 0 Å². The van der Waals surface area contributed by atoms with Crippen LogP contribution in [0.3, 0.4) is 0 Å². The first-order valence-corrected chi connectivity index (χ1v) is 2.54. The molecular weight excluding hydrogens is 100 g/mol. The van der Waals surface area contributed by atoms with Gasteiger partial charge in [-0.3, -0.25) is 0 Å². The maximum Gasteiger partial charge on any atom is 0.106 e. The van der Waals surface area contributed by atoms with E-state index in [1.54, 1.807) is 0 Å². The first kappa shape index (κ1) is 10.4. The molecule has 0 saturated heterocycles. The zero-order chi connectivity index (χ0) is 7.15. The summed E-state index contributed by atoms with van der Waals surface area (Å²) >= 11 is 0. The summed E-state index contributed by atoms with van der Waals surface area (Å²) in [6.07, 6.45) is 0. The van der Waals surface area contributed by atoms with Crippen LogP contribution >= 0.6 is 0 Å². The maximum atomic E-state index is 8.00. The average Bonchev–Trinajstić information content (AvgIpc) is 1.72. The summed E-state index contributed by atoms with van der Waals surface area (Å²) < 4.78 is 0. The van der Waals surface area contributed by atoms with Crippen molar-refractivity contribution in [1.82, 2.24) is 0 Å². The molecule has 0 atom stereocenters. The second kappa shape index (κ2) is 6.41. The molecule has 0 fully saturated rings. The highest BCUT2D eigenvalue weighted by Gasteiger charge is 1.75. The molecule has 8 heavy (non-hydrogen) atoms. The third-order valence-corrected chi connectivity index (χ3v) is 1.00. The minimum absolute atomic E-state index is 1.43. The molecule has 0 aliphatic carbocycles. The number of hydrogen-bond acceptors (Lipinski definition) is 1. The van der Waals surface area contributed by atoms with E-state index in [2.05, 4.69) is 27.7 Å². The Morgan fingerprint density at radius 3 is 1.00 bits per heavy atom. The molecule has 0 spiro atoms. The summed E-state index contributed by atoms with van der Waals surface area (Å²) in [7, 11) is 0. The van der Waals surface area contributed by atoms with Gasteiger partial charge < -0.3 is 4.79 Å². The first-order chi connectivity index (χ1) is 3.64. The lowest BCUT2D eigenvalue weighted by atomic mass is 10.2. The number of carbonyl (C=O) groups is 1. The maximum absolute atomic E-state index is 8.00. The monoisotopic (exact) mass is 114 g/mol. The van der Waals surface area contributed by atoms with Crippen LogP contribution in [0, 0.1) is 0 Å². The van der Waals surface area contributed by atoms with Crippen LogP contribution in [0.1, 0.15) is 27.7 Å². The van der Waals surface area contributed by atoms with Crippen LogP contribution in [0.2, 0.25) is 0 Å². The molecule has 0 N–H and O–H groups in total. The van der Waals surface area contributed by atoms with E-state index in [4.69, 9.17) is 4.79 Å². The van der Waals surface area contributed by atoms with Gasteiger partial charge in [0.1, 0.15) is 6.79 Å². The highest BCUT2D eigenvalue weighted by atomic mass is 16.1.